The van der Waals surface area contributed by atoms with Crippen LogP contribution in [0.4, 0.5) is 0 Å². The molecule has 2 aromatic rings. The zero-order valence-corrected chi connectivity index (χ0v) is 16.1. The van der Waals surface area contributed by atoms with Gasteiger partial charge in [-0.05, 0) is 37.0 Å². The molecule has 1 saturated heterocycles. The number of carbonyl (C=O) groups is 1. The van der Waals surface area contributed by atoms with E-state index in [0.29, 0.717) is 30.8 Å². The molecule has 0 aliphatic carbocycles. The molecule has 1 aromatic carbocycles. The lowest BCUT2D eigenvalue weighted by Gasteiger charge is -2.20. The fraction of sp³-hybridized carbons (Fsp3) is 0.389. The number of hydrogen-bond acceptors (Lipinski definition) is 5. The number of aromatic carboxylic acids is 1. The van der Waals surface area contributed by atoms with Crippen molar-refractivity contribution < 1.29 is 18.3 Å². The summed E-state index contributed by atoms with van der Waals surface area (Å²) in [4.78, 5) is 19.7. The Kier molecular flexibility index (Phi) is 5.54. The second-order valence-corrected chi connectivity index (χ2v) is 8.93. The van der Waals surface area contributed by atoms with Crippen molar-refractivity contribution in [3.8, 4) is 11.3 Å². The number of carboxylic acids is 1. The largest absolute Gasteiger partial charge is 0.478 e. The third kappa shape index (κ3) is 4.32. The summed E-state index contributed by atoms with van der Waals surface area (Å²) in [6.45, 7) is 0.970. The molecule has 1 unspecified atom stereocenters. The first kappa shape index (κ1) is 19.4. The predicted octanol–water partition coefficient (Wildman–Crippen LogP) is 1.51. The molecule has 1 aliphatic heterocycles. The molecule has 0 radical (unpaired) electrons. The molecule has 1 aromatic heterocycles. The van der Waals surface area contributed by atoms with Crippen LogP contribution in [0.25, 0.3) is 11.3 Å². The monoisotopic (exact) mass is 390 g/mol. The standard InChI is InChI=1S/C18H22N4O4S/c1-21(2)27(25,26)22-7-6-13(11-22)8-16-10-17(20-12-19-16)14-4-3-5-15(9-14)18(23)24/h3-5,9-10,12-13H,6-8,11H2,1-2H3,(H,23,24). The van der Waals surface area contributed by atoms with Gasteiger partial charge in [-0.15, -0.1) is 0 Å². The Bertz CT molecular complexity index is 946. The van der Waals surface area contributed by atoms with Gasteiger partial charge < -0.3 is 5.11 Å². The Balaban J connectivity index is 1.74. The van der Waals surface area contributed by atoms with Crippen molar-refractivity contribution in [2.24, 2.45) is 5.92 Å². The quantitative estimate of drug-likeness (QED) is 0.802. The second-order valence-electron chi connectivity index (χ2n) is 6.79. The van der Waals surface area contributed by atoms with Crippen LogP contribution in [0.5, 0.6) is 0 Å². The highest BCUT2D eigenvalue weighted by Crippen LogP contribution is 2.25. The average Bonchev–Trinajstić information content (AvgIpc) is 3.11. The summed E-state index contributed by atoms with van der Waals surface area (Å²) in [5.74, 6) is -0.799. The molecular formula is C18H22N4O4S. The number of rotatable bonds is 6. The Morgan fingerprint density at radius 2 is 2.07 bits per heavy atom. The minimum absolute atomic E-state index is 0.188. The fourth-order valence-corrected chi connectivity index (χ4v) is 4.38. The molecule has 0 bridgehead atoms. The van der Waals surface area contributed by atoms with Crippen LogP contribution >= 0.6 is 0 Å². The van der Waals surface area contributed by atoms with Gasteiger partial charge in [0, 0.05) is 38.4 Å². The van der Waals surface area contributed by atoms with Gasteiger partial charge >= 0.3 is 5.97 Å². The molecule has 0 spiro atoms. The minimum Gasteiger partial charge on any atom is -0.478 e. The maximum Gasteiger partial charge on any atom is 0.335 e. The smallest absolute Gasteiger partial charge is 0.335 e. The number of aromatic nitrogens is 2. The molecule has 1 aliphatic rings. The number of benzene rings is 1. The van der Waals surface area contributed by atoms with Gasteiger partial charge in [0.25, 0.3) is 10.2 Å². The molecular weight excluding hydrogens is 368 g/mol. The van der Waals surface area contributed by atoms with E-state index in [1.807, 2.05) is 6.07 Å². The molecule has 1 atom stereocenters. The summed E-state index contributed by atoms with van der Waals surface area (Å²) < 4.78 is 27.2. The predicted molar refractivity (Wildman–Crippen MR) is 100 cm³/mol. The summed E-state index contributed by atoms with van der Waals surface area (Å²) >= 11 is 0. The number of nitrogens with zero attached hydrogens (tertiary/aromatic N) is 4. The zero-order valence-electron chi connectivity index (χ0n) is 15.2. The molecule has 3 rings (SSSR count). The average molecular weight is 390 g/mol. The molecule has 2 heterocycles. The lowest BCUT2D eigenvalue weighted by molar-refractivity contribution is 0.0697. The van der Waals surface area contributed by atoms with E-state index in [2.05, 4.69) is 9.97 Å². The van der Waals surface area contributed by atoms with Crippen molar-refractivity contribution in [1.29, 1.82) is 0 Å². The normalized spacial score (nSPS) is 18.1. The van der Waals surface area contributed by atoms with Gasteiger partial charge in [0.2, 0.25) is 0 Å². The SMILES string of the molecule is CN(C)S(=O)(=O)N1CCC(Cc2cc(-c3cccc(C(=O)O)c3)ncn2)C1. The van der Waals surface area contributed by atoms with Crippen molar-refractivity contribution in [3.05, 3.63) is 47.9 Å². The third-order valence-electron chi connectivity index (χ3n) is 4.66. The van der Waals surface area contributed by atoms with Crippen LogP contribution in [0.3, 0.4) is 0 Å². The molecule has 0 saturated carbocycles. The lowest BCUT2D eigenvalue weighted by Crippen LogP contribution is -2.38. The molecule has 1 N–H and O–H groups in total. The van der Waals surface area contributed by atoms with Crippen molar-refractivity contribution in [2.45, 2.75) is 12.8 Å². The summed E-state index contributed by atoms with van der Waals surface area (Å²) in [7, 11) is -0.323. The van der Waals surface area contributed by atoms with E-state index in [4.69, 9.17) is 5.11 Å². The first-order valence-electron chi connectivity index (χ1n) is 8.59. The van der Waals surface area contributed by atoms with Gasteiger partial charge in [0.1, 0.15) is 6.33 Å². The van der Waals surface area contributed by atoms with Crippen LogP contribution in [0.2, 0.25) is 0 Å². The Labute approximate surface area is 158 Å². The lowest BCUT2D eigenvalue weighted by atomic mass is 10.0. The van der Waals surface area contributed by atoms with Gasteiger partial charge in [-0.2, -0.15) is 17.0 Å². The molecule has 0 amide bonds. The number of hydrogen-bond donors (Lipinski definition) is 1. The fourth-order valence-electron chi connectivity index (χ4n) is 3.18. The van der Waals surface area contributed by atoms with E-state index >= 15 is 0 Å². The zero-order chi connectivity index (χ0) is 19.6. The Hall–Kier alpha value is -2.36. The minimum atomic E-state index is -3.39. The topological polar surface area (TPSA) is 104 Å². The van der Waals surface area contributed by atoms with Crippen LogP contribution in [0, 0.1) is 5.92 Å². The highest BCUT2D eigenvalue weighted by atomic mass is 32.2. The van der Waals surface area contributed by atoms with Crippen molar-refractivity contribution in [2.75, 3.05) is 27.2 Å². The van der Waals surface area contributed by atoms with E-state index in [0.717, 1.165) is 12.1 Å². The van der Waals surface area contributed by atoms with E-state index in [1.54, 1.807) is 18.2 Å². The summed E-state index contributed by atoms with van der Waals surface area (Å²) in [6, 6.07) is 8.44. The second kappa shape index (κ2) is 7.71. The Morgan fingerprint density at radius 3 is 2.78 bits per heavy atom. The highest BCUT2D eigenvalue weighted by molar-refractivity contribution is 7.86. The maximum absolute atomic E-state index is 12.2. The first-order chi connectivity index (χ1) is 12.8. The summed E-state index contributed by atoms with van der Waals surface area (Å²) in [5.41, 5.74) is 2.38. The van der Waals surface area contributed by atoms with Gasteiger partial charge in [0.15, 0.2) is 0 Å². The highest BCUT2D eigenvalue weighted by Gasteiger charge is 2.32. The van der Waals surface area contributed by atoms with Crippen molar-refractivity contribution >= 4 is 16.2 Å². The first-order valence-corrected chi connectivity index (χ1v) is 9.99. The van der Waals surface area contributed by atoms with Gasteiger partial charge in [-0.1, -0.05) is 12.1 Å². The molecule has 8 nitrogen and oxygen atoms in total. The molecule has 9 heteroatoms. The number of carboxylic acid groups (broad SMARTS) is 1. The van der Waals surface area contributed by atoms with Crippen molar-refractivity contribution in [1.82, 2.24) is 18.6 Å². The van der Waals surface area contributed by atoms with Gasteiger partial charge in [-0.3, -0.25) is 0 Å². The van der Waals surface area contributed by atoms with Crippen LogP contribution in [0.15, 0.2) is 36.7 Å². The third-order valence-corrected chi connectivity index (χ3v) is 6.57. The van der Waals surface area contributed by atoms with E-state index in [-0.39, 0.29) is 11.5 Å². The van der Waals surface area contributed by atoms with Gasteiger partial charge in [0.05, 0.1) is 11.3 Å². The molecule has 1 fully saturated rings. The van der Waals surface area contributed by atoms with Crippen LogP contribution < -0.4 is 0 Å². The Morgan fingerprint density at radius 1 is 1.30 bits per heavy atom. The molecule has 27 heavy (non-hydrogen) atoms. The van der Waals surface area contributed by atoms with Crippen LogP contribution in [-0.4, -0.2) is 65.3 Å². The molecule has 144 valence electrons. The maximum atomic E-state index is 12.2. The van der Waals surface area contributed by atoms with Crippen molar-refractivity contribution in [3.63, 3.8) is 0 Å². The van der Waals surface area contributed by atoms with Gasteiger partial charge in [-0.25, -0.2) is 14.8 Å². The summed E-state index contributed by atoms with van der Waals surface area (Å²) in [5, 5.41) is 9.14. The van der Waals surface area contributed by atoms with Crippen LogP contribution in [-0.2, 0) is 16.6 Å². The van der Waals surface area contributed by atoms with Crippen LogP contribution in [0.1, 0.15) is 22.5 Å². The summed E-state index contributed by atoms with van der Waals surface area (Å²) in [6.07, 6.45) is 2.88. The van der Waals surface area contributed by atoms with E-state index in [9.17, 15) is 13.2 Å². The van der Waals surface area contributed by atoms with E-state index < -0.39 is 16.2 Å². The van der Waals surface area contributed by atoms with E-state index in [1.165, 1.54) is 35.1 Å².